The number of nitrogens with zero attached hydrogens (tertiary/aromatic N) is 3. The number of anilines is 1. The predicted molar refractivity (Wildman–Crippen MR) is 117 cm³/mol. The van der Waals surface area contributed by atoms with E-state index in [0.29, 0.717) is 5.56 Å². The Labute approximate surface area is 195 Å². The molecule has 1 aromatic heterocycles. The number of carbonyl (C=O) groups is 2. The van der Waals surface area contributed by atoms with Crippen LogP contribution in [0.4, 0.5) is 14.6 Å². The van der Waals surface area contributed by atoms with Crippen molar-refractivity contribution in [3.63, 3.8) is 0 Å². The molecular weight excluding hydrogens is 470 g/mol. The molecule has 0 unspecified atom stereocenters. The van der Waals surface area contributed by atoms with E-state index < -0.39 is 51.6 Å². The van der Waals surface area contributed by atoms with E-state index in [1.165, 1.54) is 4.90 Å². The van der Waals surface area contributed by atoms with Gasteiger partial charge >= 0.3 is 5.97 Å². The van der Waals surface area contributed by atoms with Crippen LogP contribution in [0.15, 0.2) is 36.4 Å². The van der Waals surface area contributed by atoms with Crippen molar-refractivity contribution in [3.05, 3.63) is 58.8 Å². The highest BCUT2D eigenvalue weighted by atomic mass is 32.2. The number of hydrogen-bond acceptors (Lipinski definition) is 8. The first-order chi connectivity index (χ1) is 16.0. The Bertz CT molecular complexity index is 1220. The number of nitrogens with one attached hydrogen (secondary N) is 1. The van der Waals surface area contributed by atoms with E-state index in [2.05, 4.69) is 4.98 Å². The first-order valence-corrected chi connectivity index (χ1v) is 11.9. The molecule has 1 aliphatic rings. The van der Waals surface area contributed by atoms with Crippen molar-refractivity contribution in [1.82, 2.24) is 9.71 Å². The largest absolute Gasteiger partial charge is 0.459 e. The third-order valence-corrected chi connectivity index (χ3v) is 6.15. The minimum Gasteiger partial charge on any atom is -0.459 e. The van der Waals surface area contributed by atoms with Crippen LogP contribution in [0.2, 0.25) is 0 Å². The van der Waals surface area contributed by atoms with Gasteiger partial charge in [-0.05, 0) is 25.5 Å². The molecule has 1 aliphatic heterocycles. The van der Waals surface area contributed by atoms with E-state index in [1.807, 2.05) is 10.8 Å². The predicted octanol–water partition coefficient (Wildman–Crippen LogP) is 2.54. The SMILES string of the molecule is CC(C)OC(=O)c1cc(C#N)c(N2CC(C(=O)NS(=O)(=O)Cc3ccccc3)C2)nc1C(F)F. The Morgan fingerprint density at radius 1 is 1.26 bits per heavy atom. The quantitative estimate of drug-likeness (QED) is 0.557. The topological polar surface area (TPSA) is 129 Å². The molecule has 2 aromatic rings. The van der Waals surface area contributed by atoms with Gasteiger partial charge in [-0.25, -0.2) is 27.0 Å². The highest BCUT2D eigenvalue weighted by molar-refractivity contribution is 7.89. The molecule has 0 radical (unpaired) electrons. The Balaban J connectivity index is 1.72. The molecule has 1 N–H and O–H groups in total. The van der Waals surface area contributed by atoms with Crippen LogP contribution in [0.25, 0.3) is 0 Å². The lowest BCUT2D eigenvalue weighted by Gasteiger charge is -2.39. The molecule has 1 fully saturated rings. The summed E-state index contributed by atoms with van der Waals surface area (Å²) in [5, 5.41) is 9.46. The van der Waals surface area contributed by atoms with E-state index in [9.17, 15) is 32.0 Å². The van der Waals surface area contributed by atoms with Gasteiger partial charge in [-0.1, -0.05) is 30.3 Å². The first-order valence-electron chi connectivity index (χ1n) is 10.3. The van der Waals surface area contributed by atoms with Crippen molar-refractivity contribution in [3.8, 4) is 6.07 Å². The van der Waals surface area contributed by atoms with Crippen LogP contribution in [0.1, 0.15) is 47.5 Å². The number of sulfonamides is 1. The average molecular weight is 493 g/mol. The minimum absolute atomic E-state index is 0.0349. The molecule has 0 saturated carbocycles. The number of esters is 1. The molecular formula is C22H22F2N4O5S. The van der Waals surface area contributed by atoms with Crippen LogP contribution in [-0.2, 0) is 25.3 Å². The van der Waals surface area contributed by atoms with Crippen molar-refractivity contribution >= 4 is 27.7 Å². The number of aromatic nitrogens is 1. The fourth-order valence-corrected chi connectivity index (χ4v) is 4.51. The Morgan fingerprint density at radius 3 is 2.47 bits per heavy atom. The van der Waals surface area contributed by atoms with E-state index in [1.54, 1.807) is 44.2 Å². The van der Waals surface area contributed by atoms with Crippen LogP contribution < -0.4 is 9.62 Å². The number of alkyl halides is 2. The molecule has 12 heteroatoms. The molecule has 180 valence electrons. The number of pyridine rings is 1. The second-order valence-corrected chi connectivity index (χ2v) is 9.69. The van der Waals surface area contributed by atoms with Gasteiger partial charge in [0.25, 0.3) is 6.43 Å². The zero-order valence-corrected chi connectivity index (χ0v) is 19.2. The van der Waals surface area contributed by atoms with Gasteiger partial charge in [0, 0.05) is 13.1 Å². The first kappa shape index (κ1) is 25.0. The summed E-state index contributed by atoms with van der Waals surface area (Å²) in [6.45, 7) is 3.04. The Hall–Kier alpha value is -3.59. The van der Waals surface area contributed by atoms with Gasteiger partial charge in [-0.2, -0.15) is 5.26 Å². The molecule has 0 spiro atoms. The average Bonchev–Trinajstić information content (AvgIpc) is 2.71. The minimum atomic E-state index is -3.93. The standard InChI is InChI=1S/C22H22F2N4O5S/c1-13(2)33-22(30)17-8-15(9-25)20(26-18(17)19(23)24)28-10-16(11-28)21(29)27-34(31,32)12-14-6-4-3-5-7-14/h3-8,13,16,19H,10-12H2,1-2H3,(H,27,29). The fraction of sp³-hybridized carbons (Fsp3) is 0.364. The molecule has 3 rings (SSSR count). The molecule has 1 saturated heterocycles. The summed E-state index contributed by atoms with van der Waals surface area (Å²) in [7, 11) is -3.93. The van der Waals surface area contributed by atoms with Gasteiger partial charge in [0.1, 0.15) is 17.6 Å². The Kier molecular flexibility index (Phi) is 7.46. The maximum atomic E-state index is 13.6. The smallest absolute Gasteiger partial charge is 0.340 e. The van der Waals surface area contributed by atoms with Crippen LogP contribution in [0.5, 0.6) is 0 Å². The number of amides is 1. The van der Waals surface area contributed by atoms with E-state index in [-0.39, 0.29) is 30.2 Å². The second kappa shape index (κ2) is 10.1. The second-order valence-electron chi connectivity index (χ2n) is 7.97. The number of nitriles is 1. The maximum absolute atomic E-state index is 13.6. The number of carbonyl (C=O) groups excluding carboxylic acids is 2. The molecule has 0 bridgehead atoms. The molecule has 2 heterocycles. The lowest BCUT2D eigenvalue weighted by atomic mass is 9.98. The van der Waals surface area contributed by atoms with Gasteiger partial charge in [0.05, 0.1) is 28.9 Å². The fourth-order valence-electron chi connectivity index (χ4n) is 3.33. The van der Waals surface area contributed by atoms with Crippen LogP contribution in [-0.4, -0.2) is 44.5 Å². The van der Waals surface area contributed by atoms with Crippen molar-refractivity contribution < 1.29 is 31.5 Å². The lowest BCUT2D eigenvalue weighted by molar-refractivity contribution is -0.123. The lowest BCUT2D eigenvalue weighted by Crippen LogP contribution is -2.55. The molecule has 1 aromatic carbocycles. The monoisotopic (exact) mass is 492 g/mol. The van der Waals surface area contributed by atoms with E-state index >= 15 is 0 Å². The molecule has 1 amide bonds. The maximum Gasteiger partial charge on any atom is 0.340 e. The third kappa shape index (κ3) is 5.85. The van der Waals surface area contributed by atoms with Crippen LogP contribution in [0, 0.1) is 17.2 Å². The third-order valence-electron chi connectivity index (χ3n) is 4.93. The van der Waals surface area contributed by atoms with Crippen molar-refractivity contribution in [1.29, 1.82) is 5.26 Å². The van der Waals surface area contributed by atoms with Gasteiger partial charge in [-0.3, -0.25) is 9.52 Å². The van der Waals surface area contributed by atoms with Gasteiger partial charge < -0.3 is 9.64 Å². The number of benzene rings is 1. The number of halogens is 2. The van der Waals surface area contributed by atoms with Crippen molar-refractivity contribution in [2.24, 2.45) is 5.92 Å². The summed E-state index contributed by atoms with van der Waals surface area (Å²) in [5.74, 6) is -3.00. The van der Waals surface area contributed by atoms with Crippen molar-refractivity contribution in [2.75, 3.05) is 18.0 Å². The highest BCUT2D eigenvalue weighted by Gasteiger charge is 2.37. The molecule has 0 atom stereocenters. The summed E-state index contributed by atoms with van der Waals surface area (Å²) in [4.78, 5) is 29.8. The molecule has 34 heavy (non-hydrogen) atoms. The summed E-state index contributed by atoms with van der Waals surface area (Å²) in [5.41, 5.74) is -0.976. The Morgan fingerprint density at radius 2 is 1.91 bits per heavy atom. The summed E-state index contributed by atoms with van der Waals surface area (Å²) < 4.78 is 58.7. The van der Waals surface area contributed by atoms with Gasteiger partial charge in [0.2, 0.25) is 15.9 Å². The van der Waals surface area contributed by atoms with Gasteiger partial charge in [0.15, 0.2) is 0 Å². The zero-order valence-electron chi connectivity index (χ0n) is 18.4. The van der Waals surface area contributed by atoms with Crippen LogP contribution in [0.3, 0.4) is 0 Å². The van der Waals surface area contributed by atoms with E-state index in [0.717, 1.165) is 6.07 Å². The molecule has 0 aliphatic carbocycles. The number of ether oxygens (including phenoxy) is 1. The summed E-state index contributed by atoms with van der Waals surface area (Å²) in [6, 6.07) is 11.1. The zero-order chi connectivity index (χ0) is 25.0. The normalized spacial score (nSPS) is 14.0. The summed E-state index contributed by atoms with van der Waals surface area (Å²) >= 11 is 0. The van der Waals surface area contributed by atoms with Crippen LogP contribution >= 0.6 is 0 Å². The summed E-state index contributed by atoms with van der Waals surface area (Å²) in [6.07, 6.45) is -3.67. The number of rotatable bonds is 8. The van der Waals surface area contributed by atoms with E-state index in [4.69, 9.17) is 4.74 Å². The molecule has 9 nitrogen and oxygen atoms in total. The van der Waals surface area contributed by atoms with Crippen molar-refractivity contribution in [2.45, 2.75) is 32.1 Å². The van der Waals surface area contributed by atoms with Gasteiger partial charge in [-0.15, -0.1) is 0 Å². The highest BCUT2D eigenvalue weighted by Crippen LogP contribution is 2.32. The number of hydrogen-bond donors (Lipinski definition) is 1.